The van der Waals surface area contributed by atoms with Gasteiger partial charge in [0.15, 0.2) is 23.1 Å². The Bertz CT molecular complexity index is 1830. The molecule has 1 spiro atoms. The first kappa shape index (κ1) is 27.2. The maximum Gasteiger partial charge on any atom is 0.238 e. The molecule has 4 aromatic carbocycles. The second-order valence-electron chi connectivity index (χ2n) is 10.9. The summed E-state index contributed by atoms with van der Waals surface area (Å²) in [6, 6.07) is 25.7. The third kappa shape index (κ3) is 3.89. The molecule has 0 aromatic heterocycles. The number of nitrogens with zero attached hydrogens (tertiary/aromatic N) is 1. The summed E-state index contributed by atoms with van der Waals surface area (Å²) in [5, 5.41) is 3.06. The van der Waals surface area contributed by atoms with Gasteiger partial charge in [-0.15, -0.1) is 0 Å². The summed E-state index contributed by atoms with van der Waals surface area (Å²) in [5.74, 6) is -1.10. The summed E-state index contributed by atoms with van der Waals surface area (Å²) in [7, 11) is 3.03. The predicted molar refractivity (Wildman–Crippen MR) is 168 cm³/mol. The molecule has 3 aliphatic heterocycles. The Hall–Kier alpha value is -4.69. The molecule has 3 heterocycles. The molecule has 7 nitrogen and oxygen atoms in total. The molecule has 1 amide bonds. The Kier molecular flexibility index (Phi) is 6.47. The molecule has 0 radical (unpaired) electrons. The number of halogens is 1. The Balaban J connectivity index is 1.52. The molecule has 3 aliphatic rings. The van der Waals surface area contributed by atoms with Gasteiger partial charge in [-0.1, -0.05) is 76.6 Å². The van der Waals surface area contributed by atoms with Gasteiger partial charge in [0.2, 0.25) is 5.91 Å². The second kappa shape index (κ2) is 10.2. The van der Waals surface area contributed by atoms with E-state index in [0.717, 1.165) is 15.7 Å². The molecule has 4 aromatic rings. The van der Waals surface area contributed by atoms with Crippen LogP contribution in [0.4, 0.5) is 11.4 Å². The van der Waals surface area contributed by atoms with Gasteiger partial charge in [-0.05, 0) is 53.6 Å². The van der Waals surface area contributed by atoms with E-state index in [1.54, 1.807) is 30.3 Å². The number of hydrogen-bond acceptors (Lipinski definition) is 6. The lowest BCUT2D eigenvalue weighted by molar-refractivity contribution is -0.121. The van der Waals surface area contributed by atoms with Gasteiger partial charge in [0.05, 0.1) is 26.2 Å². The lowest BCUT2D eigenvalue weighted by Crippen LogP contribution is -2.51. The summed E-state index contributed by atoms with van der Waals surface area (Å²) in [6.45, 7) is 0. The Morgan fingerprint density at radius 3 is 2.30 bits per heavy atom. The van der Waals surface area contributed by atoms with E-state index in [1.807, 2.05) is 77.7 Å². The van der Waals surface area contributed by atoms with Gasteiger partial charge in [-0.25, -0.2) is 0 Å². The van der Waals surface area contributed by atoms with Gasteiger partial charge < -0.3 is 19.7 Å². The summed E-state index contributed by atoms with van der Waals surface area (Å²) in [5.41, 5.74) is 2.43. The number of nitrogens with one attached hydrogen (secondary N) is 1. The van der Waals surface area contributed by atoms with Crippen LogP contribution in [0.5, 0.6) is 11.5 Å². The molecule has 4 unspecified atom stereocenters. The molecule has 8 heteroatoms. The van der Waals surface area contributed by atoms with Crippen molar-refractivity contribution in [3.8, 4) is 11.5 Å². The van der Waals surface area contributed by atoms with Gasteiger partial charge >= 0.3 is 0 Å². The topological polar surface area (TPSA) is 84.9 Å². The zero-order valence-corrected chi connectivity index (χ0v) is 25.0. The zero-order valence-electron chi connectivity index (χ0n) is 23.4. The van der Waals surface area contributed by atoms with Crippen molar-refractivity contribution in [1.82, 2.24) is 0 Å². The fourth-order valence-electron chi connectivity index (χ4n) is 7.07. The predicted octanol–water partition coefficient (Wildman–Crippen LogP) is 6.32. The summed E-state index contributed by atoms with van der Waals surface area (Å²) >= 11 is 3.46. The molecule has 0 aliphatic carbocycles. The molecule has 214 valence electrons. The van der Waals surface area contributed by atoms with Gasteiger partial charge in [0.1, 0.15) is 11.5 Å². The maximum atomic E-state index is 15.0. The fourth-order valence-corrected chi connectivity index (χ4v) is 7.34. The number of rotatable bonds is 6. The molecule has 1 fully saturated rings. The van der Waals surface area contributed by atoms with Gasteiger partial charge in [-0.3, -0.25) is 14.4 Å². The van der Waals surface area contributed by atoms with Crippen molar-refractivity contribution in [3.63, 3.8) is 0 Å². The van der Waals surface area contributed by atoms with E-state index in [2.05, 4.69) is 21.2 Å². The lowest BCUT2D eigenvalue weighted by Gasteiger charge is -2.37. The highest BCUT2D eigenvalue weighted by Crippen LogP contribution is 2.58. The van der Waals surface area contributed by atoms with E-state index in [4.69, 9.17) is 9.47 Å². The number of ether oxygens (including phenoxy) is 2. The highest BCUT2D eigenvalue weighted by Gasteiger charge is 2.70. The van der Waals surface area contributed by atoms with Crippen molar-refractivity contribution in [2.45, 2.75) is 17.5 Å². The van der Waals surface area contributed by atoms with E-state index < -0.39 is 23.4 Å². The van der Waals surface area contributed by atoms with Crippen molar-refractivity contribution in [2.75, 3.05) is 24.4 Å². The van der Waals surface area contributed by atoms with Crippen molar-refractivity contribution in [3.05, 3.63) is 124 Å². The van der Waals surface area contributed by atoms with E-state index in [9.17, 15) is 9.59 Å². The van der Waals surface area contributed by atoms with Crippen LogP contribution in [0.2, 0.25) is 0 Å². The minimum Gasteiger partial charge on any atom is -0.493 e. The number of Topliss-reactive ketones (excluding diaryl/α,β-unsaturated/α-hetero) is 2. The number of anilines is 2. The van der Waals surface area contributed by atoms with E-state index >= 15 is 4.79 Å². The number of carbonyl (C=O) groups is 3. The zero-order chi connectivity index (χ0) is 29.9. The van der Waals surface area contributed by atoms with Crippen LogP contribution in [0.25, 0.3) is 6.08 Å². The Morgan fingerprint density at radius 1 is 0.837 bits per heavy atom. The minimum absolute atomic E-state index is 0.240. The van der Waals surface area contributed by atoms with E-state index in [0.29, 0.717) is 33.9 Å². The third-order valence-electron chi connectivity index (χ3n) is 8.89. The average Bonchev–Trinajstić information content (AvgIpc) is 3.52. The fraction of sp³-hybridized carbons (Fsp3) is 0.171. The summed E-state index contributed by atoms with van der Waals surface area (Å²) in [4.78, 5) is 46.2. The van der Waals surface area contributed by atoms with Crippen LogP contribution in [0.1, 0.15) is 31.8 Å². The van der Waals surface area contributed by atoms with Crippen LogP contribution in [-0.4, -0.2) is 43.8 Å². The van der Waals surface area contributed by atoms with Crippen molar-refractivity contribution in [2.24, 2.45) is 5.92 Å². The molecule has 0 bridgehead atoms. The van der Waals surface area contributed by atoms with Crippen LogP contribution in [0.15, 0.2) is 102 Å². The largest absolute Gasteiger partial charge is 0.493 e. The van der Waals surface area contributed by atoms with Gasteiger partial charge in [0, 0.05) is 27.0 Å². The highest BCUT2D eigenvalue weighted by atomic mass is 79.9. The SMILES string of the molecule is COc1ccc(C(=O)C2C(C(=O)c3ccc(Br)cc3)N3c4ccccc4C=CC3C23C(=O)Nc2ccccc23)cc1OC. The van der Waals surface area contributed by atoms with Crippen LogP contribution < -0.4 is 19.7 Å². The minimum atomic E-state index is -1.39. The van der Waals surface area contributed by atoms with E-state index in [-0.39, 0.29) is 17.5 Å². The number of carbonyl (C=O) groups excluding carboxylic acids is 3. The quantitative estimate of drug-likeness (QED) is 0.250. The number of ketones is 2. The monoisotopic (exact) mass is 634 g/mol. The third-order valence-corrected chi connectivity index (χ3v) is 9.42. The van der Waals surface area contributed by atoms with Crippen molar-refractivity contribution >= 4 is 50.9 Å². The first-order valence-electron chi connectivity index (χ1n) is 13.9. The first-order chi connectivity index (χ1) is 20.9. The highest BCUT2D eigenvalue weighted by molar-refractivity contribution is 9.10. The van der Waals surface area contributed by atoms with Crippen LogP contribution >= 0.6 is 15.9 Å². The summed E-state index contributed by atoms with van der Waals surface area (Å²) in [6.07, 6.45) is 3.95. The number of para-hydroxylation sites is 2. The van der Waals surface area contributed by atoms with Crippen LogP contribution in [0.3, 0.4) is 0 Å². The molecule has 43 heavy (non-hydrogen) atoms. The standard InChI is InChI=1S/C35H27BrN2O5/c1-42-27-17-13-22(19-28(27)43-2)32(39)30-31(33(40)21-11-15-23(36)16-12-21)38-26-10-6-3-7-20(26)14-18-29(38)35(30)24-8-4-5-9-25(24)37-34(35)41/h3-19,29-31H,1-2H3,(H,37,41). The first-order valence-corrected chi connectivity index (χ1v) is 14.7. The smallest absolute Gasteiger partial charge is 0.238 e. The maximum absolute atomic E-state index is 15.0. The number of amides is 1. The Morgan fingerprint density at radius 2 is 1.53 bits per heavy atom. The average molecular weight is 636 g/mol. The normalized spacial score (nSPS) is 22.9. The van der Waals surface area contributed by atoms with Gasteiger partial charge in [-0.2, -0.15) is 0 Å². The van der Waals surface area contributed by atoms with Crippen LogP contribution in [0, 0.1) is 5.92 Å². The molecule has 1 saturated heterocycles. The number of fused-ring (bicyclic) bond motifs is 6. The number of hydrogen-bond donors (Lipinski definition) is 1. The molecular formula is C35H27BrN2O5. The lowest BCUT2D eigenvalue weighted by atomic mass is 9.64. The Labute approximate surface area is 257 Å². The van der Waals surface area contributed by atoms with Crippen molar-refractivity contribution < 1.29 is 23.9 Å². The van der Waals surface area contributed by atoms with E-state index in [1.165, 1.54) is 14.2 Å². The second-order valence-corrected chi connectivity index (χ2v) is 11.8. The van der Waals surface area contributed by atoms with Gasteiger partial charge in [0.25, 0.3) is 0 Å². The summed E-state index contributed by atoms with van der Waals surface area (Å²) < 4.78 is 11.8. The van der Waals surface area contributed by atoms with Crippen LogP contribution in [-0.2, 0) is 10.2 Å². The molecule has 7 rings (SSSR count). The molecule has 1 N–H and O–H groups in total. The number of benzene rings is 4. The molecule has 4 atom stereocenters. The number of methoxy groups -OCH3 is 2. The molecule has 0 saturated carbocycles. The molecular weight excluding hydrogens is 608 g/mol. The van der Waals surface area contributed by atoms with Crippen molar-refractivity contribution in [1.29, 1.82) is 0 Å².